The Morgan fingerprint density at radius 1 is 0.962 bits per heavy atom. The second kappa shape index (κ2) is 5.90. The lowest BCUT2D eigenvalue weighted by molar-refractivity contribution is 0.0962. The van der Waals surface area contributed by atoms with Crippen molar-refractivity contribution in [3.8, 4) is 11.5 Å². The van der Waals surface area contributed by atoms with E-state index < -0.39 is 0 Å². The van der Waals surface area contributed by atoms with Crippen LogP contribution >= 0.6 is 0 Å². The van der Waals surface area contributed by atoms with Gasteiger partial charge in [0.05, 0.1) is 5.52 Å². The van der Waals surface area contributed by atoms with Crippen LogP contribution in [0.15, 0.2) is 36.4 Å². The van der Waals surface area contributed by atoms with Crippen molar-refractivity contribution in [1.29, 1.82) is 0 Å². The number of aromatic nitrogens is 1. The lowest BCUT2D eigenvalue weighted by Gasteiger charge is -2.10. The van der Waals surface area contributed by atoms with Crippen LogP contribution in [0.2, 0.25) is 0 Å². The molecule has 2 aromatic carbocycles. The number of rotatable bonds is 1. The number of benzene rings is 2. The van der Waals surface area contributed by atoms with Crippen LogP contribution in [0, 0.1) is 6.92 Å². The average Bonchev–Trinajstić information content (AvgIpc) is 3.13. The van der Waals surface area contributed by atoms with E-state index in [-0.39, 0.29) is 12.7 Å². The number of nitrogens with zero attached hydrogens (tertiary/aromatic N) is 1. The maximum Gasteiger partial charge on any atom is 0.262 e. The maximum absolute atomic E-state index is 13.4. The molecule has 132 valence electrons. The molecule has 0 atom stereocenters. The summed E-state index contributed by atoms with van der Waals surface area (Å²) in [6.45, 7) is 2.28. The number of carbonyl (C=O) groups is 1. The molecule has 2 aliphatic rings. The van der Waals surface area contributed by atoms with Gasteiger partial charge in [-0.3, -0.25) is 9.36 Å². The summed E-state index contributed by atoms with van der Waals surface area (Å²) in [6.07, 6.45) is 5.45. The van der Waals surface area contributed by atoms with Gasteiger partial charge in [-0.25, -0.2) is 0 Å². The highest BCUT2D eigenvalue weighted by Crippen LogP contribution is 2.41. The minimum Gasteiger partial charge on any atom is -0.454 e. The second-order valence-electron chi connectivity index (χ2n) is 7.22. The summed E-state index contributed by atoms with van der Waals surface area (Å²) in [5.41, 5.74) is 5.27. The predicted octanol–water partition coefficient (Wildman–Crippen LogP) is 4.64. The van der Waals surface area contributed by atoms with Gasteiger partial charge >= 0.3 is 0 Å². The minimum atomic E-state index is 0.0389. The van der Waals surface area contributed by atoms with E-state index in [0.29, 0.717) is 0 Å². The molecule has 3 aromatic rings. The Morgan fingerprint density at radius 3 is 2.50 bits per heavy atom. The summed E-state index contributed by atoms with van der Waals surface area (Å²) in [6, 6.07) is 11.8. The molecule has 26 heavy (non-hydrogen) atoms. The summed E-state index contributed by atoms with van der Waals surface area (Å²) in [7, 11) is 0. The highest BCUT2D eigenvalue weighted by atomic mass is 16.7. The SMILES string of the molecule is Cc1ccc(C(=O)n2c3c(c4cc5c(cc42)OCO5)CCCCC3)cc1. The van der Waals surface area contributed by atoms with Crippen molar-refractivity contribution < 1.29 is 14.3 Å². The Kier molecular flexibility index (Phi) is 3.52. The van der Waals surface area contributed by atoms with Crippen molar-refractivity contribution in [3.63, 3.8) is 0 Å². The molecule has 0 saturated heterocycles. The number of ether oxygens (including phenoxy) is 2. The summed E-state index contributed by atoms with van der Waals surface area (Å²) in [5, 5.41) is 1.13. The Balaban J connectivity index is 1.76. The fourth-order valence-corrected chi connectivity index (χ4v) is 4.16. The first-order valence-electron chi connectivity index (χ1n) is 9.29. The van der Waals surface area contributed by atoms with Crippen LogP contribution in [0.25, 0.3) is 10.9 Å². The third kappa shape index (κ3) is 2.32. The van der Waals surface area contributed by atoms with Gasteiger partial charge in [0.25, 0.3) is 5.91 Å². The Bertz CT molecular complexity index is 1010. The largest absolute Gasteiger partial charge is 0.454 e. The first-order valence-corrected chi connectivity index (χ1v) is 9.29. The normalized spacial score (nSPS) is 15.7. The molecule has 0 amide bonds. The molecule has 4 nitrogen and oxygen atoms in total. The number of aryl methyl sites for hydroxylation is 2. The van der Waals surface area contributed by atoms with Gasteiger partial charge in [0.1, 0.15) is 0 Å². The van der Waals surface area contributed by atoms with Gasteiger partial charge in [0.15, 0.2) is 11.5 Å². The Labute approximate surface area is 152 Å². The van der Waals surface area contributed by atoms with Crippen molar-refractivity contribution in [2.24, 2.45) is 0 Å². The third-order valence-corrected chi connectivity index (χ3v) is 5.52. The fraction of sp³-hybridized carbons (Fsp3) is 0.318. The topological polar surface area (TPSA) is 40.5 Å². The zero-order chi connectivity index (χ0) is 17.7. The van der Waals surface area contributed by atoms with Crippen molar-refractivity contribution in [1.82, 2.24) is 4.57 Å². The van der Waals surface area contributed by atoms with Crippen LogP contribution in [-0.2, 0) is 12.8 Å². The quantitative estimate of drug-likeness (QED) is 0.602. The minimum absolute atomic E-state index is 0.0389. The summed E-state index contributed by atoms with van der Waals surface area (Å²) in [5.74, 6) is 1.55. The zero-order valence-corrected chi connectivity index (χ0v) is 14.9. The molecule has 0 saturated carbocycles. The van der Waals surface area contributed by atoms with Gasteiger partial charge in [0.2, 0.25) is 6.79 Å². The number of hydrogen-bond acceptors (Lipinski definition) is 3. The van der Waals surface area contributed by atoms with Crippen LogP contribution in [0.3, 0.4) is 0 Å². The summed E-state index contributed by atoms with van der Waals surface area (Å²) in [4.78, 5) is 13.4. The molecule has 1 aliphatic carbocycles. The van der Waals surface area contributed by atoms with Crippen LogP contribution in [0.1, 0.15) is 46.4 Å². The van der Waals surface area contributed by atoms with E-state index in [1.165, 1.54) is 18.4 Å². The van der Waals surface area contributed by atoms with Gasteiger partial charge in [0, 0.05) is 22.7 Å². The van der Waals surface area contributed by atoms with Crippen LogP contribution < -0.4 is 9.47 Å². The van der Waals surface area contributed by atoms with E-state index in [2.05, 4.69) is 6.07 Å². The van der Waals surface area contributed by atoms with Gasteiger partial charge in [-0.15, -0.1) is 0 Å². The van der Waals surface area contributed by atoms with E-state index in [0.717, 1.165) is 58.5 Å². The van der Waals surface area contributed by atoms with Crippen LogP contribution in [0.5, 0.6) is 11.5 Å². The maximum atomic E-state index is 13.4. The van der Waals surface area contributed by atoms with Crippen molar-refractivity contribution in [2.45, 2.75) is 39.0 Å². The lowest BCUT2D eigenvalue weighted by Crippen LogP contribution is -2.15. The van der Waals surface area contributed by atoms with Crippen LogP contribution in [0.4, 0.5) is 0 Å². The summed E-state index contributed by atoms with van der Waals surface area (Å²) < 4.78 is 13.1. The zero-order valence-electron chi connectivity index (χ0n) is 14.9. The van der Waals surface area contributed by atoms with E-state index in [1.807, 2.05) is 41.8 Å². The third-order valence-electron chi connectivity index (χ3n) is 5.52. The first kappa shape index (κ1) is 15.5. The molecule has 1 aliphatic heterocycles. The van der Waals surface area contributed by atoms with Gasteiger partial charge in [-0.05, 0) is 56.4 Å². The first-order chi connectivity index (χ1) is 12.7. The molecule has 0 fully saturated rings. The Hall–Kier alpha value is -2.75. The number of hydrogen-bond donors (Lipinski definition) is 0. The molecule has 4 heteroatoms. The second-order valence-corrected chi connectivity index (χ2v) is 7.22. The molecule has 5 rings (SSSR count). The van der Waals surface area contributed by atoms with Crippen molar-refractivity contribution in [3.05, 3.63) is 58.8 Å². The predicted molar refractivity (Wildman–Crippen MR) is 100 cm³/mol. The number of fused-ring (bicyclic) bond motifs is 4. The van der Waals surface area contributed by atoms with E-state index in [1.54, 1.807) is 0 Å². The van der Waals surface area contributed by atoms with E-state index in [4.69, 9.17) is 9.47 Å². The standard InChI is InChI=1S/C22H21NO3/c1-14-7-9-15(10-8-14)22(24)23-18-6-4-2-3-5-16(18)17-11-20-21(12-19(17)23)26-13-25-20/h7-12H,2-6,13H2,1H3. The molecule has 0 spiro atoms. The molecule has 0 N–H and O–H groups in total. The smallest absolute Gasteiger partial charge is 0.262 e. The molecule has 2 heterocycles. The lowest BCUT2D eigenvalue weighted by atomic mass is 10.1. The Morgan fingerprint density at radius 2 is 1.69 bits per heavy atom. The molecule has 0 bridgehead atoms. The van der Waals surface area contributed by atoms with Crippen LogP contribution in [-0.4, -0.2) is 17.3 Å². The van der Waals surface area contributed by atoms with E-state index in [9.17, 15) is 4.79 Å². The van der Waals surface area contributed by atoms with Crippen molar-refractivity contribution >= 4 is 16.8 Å². The molecule has 0 unspecified atom stereocenters. The van der Waals surface area contributed by atoms with Gasteiger partial charge in [-0.2, -0.15) is 0 Å². The average molecular weight is 347 g/mol. The summed E-state index contributed by atoms with van der Waals surface area (Å²) >= 11 is 0. The number of carbonyl (C=O) groups excluding carboxylic acids is 1. The molecular formula is C22H21NO3. The van der Waals surface area contributed by atoms with Crippen molar-refractivity contribution in [2.75, 3.05) is 6.79 Å². The van der Waals surface area contributed by atoms with Gasteiger partial charge in [-0.1, -0.05) is 24.1 Å². The van der Waals surface area contributed by atoms with Gasteiger partial charge < -0.3 is 9.47 Å². The molecular weight excluding hydrogens is 326 g/mol. The van der Waals surface area contributed by atoms with E-state index >= 15 is 0 Å². The highest BCUT2D eigenvalue weighted by Gasteiger charge is 2.26. The molecule has 0 radical (unpaired) electrons. The molecule has 1 aromatic heterocycles. The highest BCUT2D eigenvalue weighted by molar-refractivity contribution is 6.05. The fourth-order valence-electron chi connectivity index (χ4n) is 4.16. The monoisotopic (exact) mass is 347 g/mol.